The lowest BCUT2D eigenvalue weighted by Crippen LogP contribution is -3.12. The zero-order chi connectivity index (χ0) is 17.9. The van der Waals surface area contributed by atoms with E-state index in [2.05, 4.69) is 0 Å². The van der Waals surface area contributed by atoms with Gasteiger partial charge in [0.05, 0.1) is 16.7 Å². The summed E-state index contributed by atoms with van der Waals surface area (Å²) in [7, 11) is -3.92. The first-order valence-electron chi connectivity index (χ1n) is 8.10. The average Bonchev–Trinajstić information content (AvgIpc) is 2.97. The van der Waals surface area contributed by atoms with Crippen molar-refractivity contribution in [3.8, 4) is 0 Å². The summed E-state index contributed by atoms with van der Waals surface area (Å²) in [5.74, 6) is -1.61. The quantitative estimate of drug-likeness (QED) is 0.478. The predicted octanol–water partition coefficient (Wildman–Crippen LogP) is -2.21. The van der Waals surface area contributed by atoms with Crippen LogP contribution in [0.2, 0.25) is 0 Å². The van der Waals surface area contributed by atoms with Crippen LogP contribution in [0.5, 0.6) is 0 Å². The van der Waals surface area contributed by atoms with E-state index in [1.165, 1.54) is 4.90 Å². The van der Waals surface area contributed by atoms with Gasteiger partial charge in [-0.1, -0.05) is 0 Å². The molecule has 6 atom stereocenters. The lowest BCUT2D eigenvalue weighted by atomic mass is 9.94. The minimum Gasteiger partial charge on any atom is -0.748 e. The Labute approximate surface area is 141 Å². The van der Waals surface area contributed by atoms with Crippen molar-refractivity contribution in [2.24, 2.45) is 5.92 Å². The van der Waals surface area contributed by atoms with Gasteiger partial charge < -0.3 is 29.1 Å². The lowest BCUT2D eigenvalue weighted by molar-refractivity contribution is -0.903. The van der Waals surface area contributed by atoms with E-state index in [0.717, 1.165) is 38.8 Å². The van der Waals surface area contributed by atoms with Crippen LogP contribution in [0.1, 0.15) is 25.7 Å². The third-order valence-electron chi connectivity index (χ3n) is 4.64. The maximum absolute atomic E-state index is 11.3. The molecule has 0 aromatic rings. The van der Waals surface area contributed by atoms with Gasteiger partial charge in [0.15, 0.2) is 6.29 Å². The first kappa shape index (κ1) is 19.5. The maximum Gasteiger partial charge on any atom is 0.315 e. The summed E-state index contributed by atoms with van der Waals surface area (Å²) in [5, 5.41) is 19.2. The van der Waals surface area contributed by atoms with E-state index in [1.54, 1.807) is 0 Å². The summed E-state index contributed by atoms with van der Waals surface area (Å²) in [4.78, 5) is 12.5. The van der Waals surface area contributed by atoms with E-state index in [1.807, 2.05) is 0 Å². The second-order valence-electron chi connectivity index (χ2n) is 6.53. The normalized spacial score (nSPS) is 39.0. The van der Waals surface area contributed by atoms with Crippen LogP contribution in [0.3, 0.4) is 0 Å². The Morgan fingerprint density at radius 2 is 2.00 bits per heavy atom. The zero-order valence-corrected chi connectivity index (χ0v) is 14.4. The molecule has 0 radical (unpaired) electrons. The molecule has 9 nitrogen and oxygen atoms in total. The van der Waals surface area contributed by atoms with Gasteiger partial charge in [0, 0.05) is 19.3 Å². The van der Waals surface area contributed by atoms with Crippen LogP contribution in [0.25, 0.3) is 0 Å². The standard InChI is InChI=1S/C13H21NO5.CH4O3S/c15-8-7-14-5-4-9(12(14)11(8)13(16)17)19-10-3-1-2-6-18-10;1-5(2,3)4/h8-12,15H,1-7H2,(H,16,17);1H3,(H,2,3,4)/t8-,9-,10?,11-,12-;/m0./s1. The van der Waals surface area contributed by atoms with E-state index < -0.39 is 28.1 Å². The van der Waals surface area contributed by atoms with Gasteiger partial charge in [-0.3, -0.25) is 4.79 Å². The number of fused-ring (bicyclic) bond motifs is 1. The van der Waals surface area contributed by atoms with Crippen LogP contribution in [0, 0.1) is 5.92 Å². The molecule has 0 aromatic heterocycles. The van der Waals surface area contributed by atoms with Crippen molar-refractivity contribution in [2.45, 2.75) is 50.2 Å². The van der Waals surface area contributed by atoms with Crippen molar-refractivity contribution in [2.75, 3.05) is 26.0 Å². The van der Waals surface area contributed by atoms with Crippen LogP contribution in [-0.4, -0.2) is 79.6 Å². The highest BCUT2D eigenvalue weighted by molar-refractivity contribution is 7.84. The molecule has 0 aromatic carbocycles. The molecule has 3 fully saturated rings. The Balaban J connectivity index is 0.000000368. The number of carbonyl (C=O) groups is 1. The van der Waals surface area contributed by atoms with E-state index >= 15 is 0 Å². The third-order valence-corrected chi connectivity index (χ3v) is 4.64. The zero-order valence-electron chi connectivity index (χ0n) is 13.6. The molecular formula is C14H25NO8S. The highest BCUT2D eigenvalue weighted by Gasteiger charge is 2.56. The topological polar surface area (TPSA) is 138 Å². The average molecular weight is 367 g/mol. The number of hydrogen-bond acceptors (Lipinski definition) is 7. The molecule has 0 bridgehead atoms. The van der Waals surface area contributed by atoms with E-state index in [0.29, 0.717) is 12.8 Å². The monoisotopic (exact) mass is 367 g/mol. The predicted molar refractivity (Wildman–Crippen MR) is 80.3 cm³/mol. The second-order valence-corrected chi connectivity index (χ2v) is 7.94. The molecule has 10 heteroatoms. The summed E-state index contributed by atoms with van der Waals surface area (Å²) in [6, 6.07) is -0.127. The Morgan fingerprint density at radius 1 is 1.33 bits per heavy atom. The number of aliphatic carboxylic acids is 1. The van der Waals surface area contributed by atoms with E-state index in [4.69, 9.17) is 22.4 Å². The number of quaternary nitrogens is 1. The Hall–Kier alpha value is -0.780. The number of carboxylic acid groups (broad SMARTS) is 1. The van der Waals surface area contributed by atoms with Gasteiger partial charge in [0.1, 0.15) is 30.7 Å². The van der Waals surface area contributed by atoms with Crippen LogP contribution >= 0.6 is 0 Å². The first-order chi connectivity index (χ1) is 11.2. The van der Waals surface area contributed by atoms with Crippen molar-refractivity contribution in [3.63, 3.8) is 0 Å². The minimum atomic E-state index is -3.92. The summed E-state index contributed by atoms with van der Waals surface area (Å²) < 4.78 is 38.8. The molecule has 0 aliphatic carbocycles. The summed E-state index contributed by atoms with van der Waals surface area (Å²) in [5.41, 5.74) is 0. The third kappa shape index (κ3) is 5.36. The fourth-order valence-corrected chi connectivity index (χ4v) is 3.78. The van der Waals surface area contributed by atoms with Gasteiger partial charge in [-0.25, -0.2) is 8.42 Å². The Kier molecular flexibility index (Phi) is 6.57. The molecule has 3 aliphatic heterocycles. The van der Waals surface area contributed by atoms with E-state index in [9.17, 15) is 15.0 Å². The number of aliphatic hydroxyl groups is 1. The molecule has 0 amide bonds. The molecule has 3 saturated heterocycles. The van der Waals surface area contributed by atoms with Crippen LogP contribution in [0.4, 0.5) is 0 Å². The van der Waals surface area contributed by atoms with Gasteiger partial charge in [0.2, 0.25) is 0 Å². The van der Waals surface area contributed by atoms with Gasteiger partial charge in [-0.05, 0) is 19.3 Å². The Morgan fingerprint density at radius 3 is 2.54 bits per heavy atom. The van der Waals surface area contributed by atoms with E-state index in [-0.39, 0.29) is 18.4 Å². The largest absolute Gasteiger partial charge is 0.748 e. The molecule has 24 heavy (non-hydrogen) atoms. The molecule has 2 unspecified atom stereocenters. The fraction of sp³-hybridized carbons (Fsp3) is 0.929. The second kappa shape index (κ2) is 8.07. The van der Waals surface area contributed by atoms with Crippen molar-refractivity contribution in [3.05, 3.63) is 0 Å². The van der Waals surface area contributed by atoms with Crippen LogP contribution < -0.4 is 4.90 Å². The molecule has 0 spiro atoms. The van der Waals surface area contributed by atoms with Crippen molar-refractivity contribution < 1.29 is 42.4 Å². The molecule has 3 heterocycles. The van der Waals surface area contributed by atoms with Gasteiger partial charge in [-0.15, -0.1) is 0 Å². The molecule has 140 valence electrons. The molecule has 3 N–H and O–H groups in total. The fourth-order valence-electron chi connectivity index (χ4n) is 3.78. The van der Waals surface area contributed by atoms with Crippen LogP contribution in [-0.2, 0) is 24.4 Å². The van der Waals surface area contributed by atoms with Gasteiger partial charge in [-0.2, -0.15) is 0 Å². The Bertz CT molecular complexity index is 525. The molecule has 3 rings (SSSR count). The van der Waals surface area contributed by atoms with Crippen molar-refractivity contribution >= 4 is 16.1 Å². The van der Waals surface area contributed by atoms with Crippen molar-refractivity contribution in [1.29, 1.82) is 0 Å². The number of carboxylic acids is 1. The summed E-state index contributed by atoms with van der Waals surface area (Å²) in [6.07, 6.45) is 3.48. The highest BCUT2D eigenvalue weighted by Crippen LogP contribution is 2.26. The maximum atomic E-state index is 11.3. The summed E-state index contributed by atoms with van der Waals surface area (Å²) in [6.45, 7) is 2.12. The van der Waals surface area contributed by atoms with Gasteiger partial charge >= 0.3 is 5.97 Å². The minimum absolute atomic E-state index is 0.101. The number of nitrogens with one attached hydrogen (secondary N) is 1. The SMILES string of the molecule is CS(=O)(=O)[O-].O=C(O)[C@@H]1[C@@H]2[C@@H](OC3CCCCO3)CC[NH+]2C[C@@H]1O. The lowest BCUT2D eigenvalue weighted by Gasteiger charge is -2.28. The van der Waals surface area contributed by atoms with Gasteiger partial charge in [0.25, 0.3) is 0 Å². The molecule has 3 aliphatic rings. The highest BCUT2D eigenvalue weighted by atomic mass is 32.2. The molecule has 0 saturated carbocycles. The number of rotatable bonds is 3. The number of hydrogen-bond donors (Lipinski definition) is 3. The number of aliphatic hydroxyl groups excluding tert-OH is 1. The molecular weight excluding hydrogens is 342 g/mol. The smallest absolute Gasteiger partial charge is 0.315 e. The number of ether oxygens (including phenoxy) is 2. The summed E-state index contributed by atoms with van der Waals surface area (Å²) >= 11 is 0. The van der Waals surface area contributed by atoms with Crippen molar-refractivity contribution in [1.82, 2.24) is 0 Å². The first-order valence-corrected chi connectivity index (χ1v) is 9.92. The van der Waals surface area contributed by atoms with Crippen LogP contribution in [0.15, 0.2) is 0 Å².